The number of nitrogens with one attached hydrogen (secondary N) is 2. The predicted molar refractivity (Wildman–Crippen MR) is 71.8 cm³/mol. The third-order valence-electron chi connectivity index (χ3n) is 3.48. The summed E-state index contributed by atoms with van der Waals surface area (Å²) in [4.78, 5) is 2.33. The van der Waals surface area contributed by atoms with Gasteiger partial charge < -0.3 is 10.2 Å². The van der Waals surface area contributed by atoms with E-state index >= 15 is 0 Å². The molecule has 0 aromatic carbocycles. The lowest BCUT2D eigenvalue weighted by atomic mass is 9.93. The lowest BCUT2D eigenvalue weighted by Crippen LogP contribution is -2.42. The number of nitrogens with zero attached hydrogens (tertiary/aromatic N) is 2. The Morgan fingerprint density at radius 2 is 2.06 bits per heavy atom. The zero-order valence-electron chi connectivity index (χ0n) is 11.5. The normalized spacial score (nSPS) is 13.5. The molecule has 1 unspecified atom stereocenters. The second kappa shape index (κ2) is 7.45. The number of rotatable bonds is 8. The third-order valence-corrected chi connectivity index (χ3v) is 3.48. The van der Waals surface area contributed by atoms with Crippen LogP contribution in [0.3, 0.4) is 0 Å². The van der Waals surface area contributed by atoms with Crippen molar-refractivity contribution in [3.8, 4) is 0 Å². The van der Waals surface area contributed by atoms with Crippen molar-refractivity contribution in [2.45, 2.75) is 39.3 Å². The van der Waals surface area contributed by atoms with Gasteiger partial charge in [-0.25, -0.2) is 0 Å². The predicted octanol–water partition coefficient (Wildman–Crippen LogP) is 1.87. The minimum absolute atomic E-state index is 0.605. The van der Waals surface area contributed by atoms with Crippen LogP contribution in [0, 0.1) is 5.92 Å². The van der Waals surface area contributed by atoms with Crippen LogP contribution in [-0.4, -0.2) is 41.8 Å². The molecule has 0 saturated heterocycles. The minimum atomic E-state index is 0.605. The first-order valence-electron chi connectivity index (χ1n) is 6.54. The van der Waals surface area contributed by atoms with E-state index in [1.807, 2.05) is 6.07 Å². The average Bonchev–Trinajstić information content (AvgIpc) is 2.81. The van der Waals surface area contributed by atoms with E-state index in [0.717, 1.165) is 24.7 Å². The molecule has 1 rings (SSSR count). The topological polar surface area (TPSA) is 44.0 Å². The first kappa shape index (κ1) is 14.2. The summed E-state index contributed by atoms with van der Waals surface area (Å²) in [6.45, 7) is 6.45. The first-order chi connectivity index (χ1) is 8.19. The van der Waals surface area contributed by atoms with Gasteiger partial charge in [0.2, 0.25) is 0 Å². The fourth-order valence-corrected chi connectivity index (χ4v) is 2.34. The van der Waals surface area contributed by atoms with E-state index in [2.05, 4.69) is 48.4 Å². The molecule has 1 aromatic heterocycles. The van der Waals surface area contributed by atoms with Gasteiger partial charge in [-0.1, -0.05) is 26.7 Å². The van der Waals surface area contributed by atoms with Crippen molar-refractivity contribution in [3.63, 3.8) is 0 Å². The zero-order chi connectivity index (χ0) is 12.7. The van der Waals surface area contributed by atoms with Crippen LogP contribution in [0.1, 0.15) is 32.4 Å². The van der Waals surface area contributed by atoms with Gasteiger partial charge in [-0.15, -0.1) is 0 Å². The van der Waals surface area contributed by atoms with E-state index in [0.29, 0.717) is 6.04 Å². The Morgan fingerprint density at radius 1 is 1.35 bits per heavy atom. The Hall–Kier alpha value is -0.870. The maximum absolute atomic E-state index is 3.95. The second-order valence-electron chi connectivity index (χ2n) is 4.82. The Morgan fingerprint density at radius 3 is 2.53 bits per heavy atom. The Kier molecular flexibility index (Phi) is 6.22. The Labute approximate surface area is 105 Å². The van der Waals surface area contributed by atoms with Gasteiger partial charge in [0.15, 0.2) is 0 Å². The number of hydrogen-bond acceptors (Lipinski definition) is 3. The van der Waals surface area contributed by atoms with Gasteiger partial charge in [-0.2, -0.15) is 5.10 Å². The molecule has 0 aliphatic heterocycles. The molecular weight excluding hydrogens is 212 g/mol. The fourth-order valence-electron chi connectivity index (χ4n) is 2.34. The fraction of sp³-hybridized carbons (Fsp3) is 0.769. The summed E-state index contributed by atoms with van der Waals surface area (Å²) in [5, 5.41) is 10.4. The lowest BCUT2D eigenvalue weighted by molar-refractivity contribution is 0.193. The molecule has 0 bridgehead atoms. The van der Waals surface area contributed by atoms with E-state index in [1.165, 1.54) is 12.8 Å². The Bertz CT molecular complexity index is 278. The van der Waals surface area contributed by atoms with Crippen molar-refractivity contribution in [1.29, 1.82) is 0 Å². The van der Waals surface area contributed by atoms with Crippen LogP contribution in [0.25, 0.3) is 0 Å². The third kappa shape index (κ3) is 4.48. The van der Waals surface area contributed by atoms with E-state index in [4.69, 9.17) is 0 Å². The molecule has 0 aliphatic carbocycles. The summed E-state index contributed by atoms with van der Waals surface area (Å²) in [6.07, 6.45) is 4.28. The second-order valence-corrected chi connectivity index (χ2v) is 4.82. The molecule has 1 atom stereocenters. The first-order valence-corrected chi connectivity index (χ1v) is 6.54. The van der Waals surface area contributed by atoms with E-state index < -0.39 is 0 Å². The van der Waals surface area contributed by atoms with Gasteiger partial charge >= 0.3 is 0 Å². The number of aromatic nitrogens is 2. The van der Waals surface area contributed by atoms with Crippen molar-refractivity contribution >= 4 is 0 Å². The number of hydrogen-bond donors (Lipinski definition) is 2. The summed E-state index contributed by atoms with van der Waals surface area (Å²) < 4.78 is 0. The highest BCUT2D eigenvalue weighted by molar-refractivity contribution is 4.96. The van der Waals surface area contributed by atoms with Gasteiger partial charge in [0.25, 0.3) is 0 Å². The molecule has 4 heteroatoms. The minimum Gasteiger partial charge on any atom is -0.310 e. The number of likely N-dealkylation sites (N-methyl/N-ethyl adjacent to an activating group) is 1. The van der Waals surface area contributed by atoms with Crippen LogP contribution in [-0.2, 0) is 6.54 Å². The molecule has 4 nitrogen and oxygen atoms in total. The molecule has 0 aliphatic rings. The maximum Gasteiger partial charge on any atom is 0.0490 e. The molecule has 1 heterocycles. The molecule has 0 fully saturated rings. The smallest absolute Gasteiger partial charge is 0.0490 e. The van der Waals surface area contributed by atoms with Crippen molar-refractivity contribution in [3.05, 3.63) is 18.0 Å². The monoisotopic (exact) mass is 238 g/mol. The summed E-state index contributed by atoms with van der Waals surface area (Å²) >= 11 is 0. The van der Waals surface area contributed by atoms with Crippen molar-refractivity contribution in [1.82, 2.24) is 20.4 Å². The largest absolute Gasteiger partial charge is 0.310 e. The highest BCUT2D eigenvalue weighted by Crippen LogP contribution is 2.16. The van der Waals surface area contributed by atoms with E-state index in [9.17, 15) is 0 Å². The molecule has 0 amide bonds. The van der Waals surface area contributed by atoms with Gasteiger partial charge in [0.05, 0.1) is 0 Å². The van der Waals surface area contributed by atoms with Crippen molar-refractivity contribution in [2.24, 2.45) is 5.92 Å². The summed E-state index contributed by atoms with van der Waals surface area (Å²) in [5.41, 5.74) is 1.15. The molecule has 98 valence electrons. The summed E-state index contributed by atoms with van der Waals surface area (Å²) in [5.74, 6) is 0.763. The van der Waals surface area contributed by atoms with Gasteiger partial charge in [-0.3, -0.25) is 5.10 Å². The SMILES string of the molecule is CCC(CC)C(CNCc1ccn[nH]1)N(C)C. The van der Waals surface area contributed by atoms with Crippen LogP contribution >= 0.6 is 0 Å². The molecule has 0 spiro atoms. The van der Waals surface area contributed by atoms with Crippen molar-refractivity contribution in [2.75, 3.05) is 20.6 Å². The van der Waals surface area contributed by atoms with Gasteiger partial charge in [0.1, 0.15) is 0 Å². The van der Waals surface area contributed by atoms with Crippen LogP contribution < -0.4 is 5.32 Å². The highest BCUT2D eigenvalue weighted by Gasteiger charge is 2.19. The Balaban J connectivity index is 2.39. The molecular formula is C13H26N4. The lowest BCUT2D eigenvalue weighted by Gasteiger charge is -2.31. The van der Waals surface area contributed by atoms with E-state index in [-0.39, 0.29) is 0 Å². The highest BCUT2D eigenvalue weighted by atomic mass is 15.1. The molecule has 0 radical (unpaired) electrons. The molecule has 17 heavy (non-hydrogen) atoms. The average molecular weight is 238 g/mol. The van der Waals surface area contributed by atoms with Crippen molar-refractivity contribution < 1.29 is 0 Å². The molecule has 0 saturated carbocycles. The quantitative estimate of drug-likeness (QED) is 0.726. The van der Waals surface area contributed by atoms with Gasteiger partial charge in [-0.05, 0) is 26.1 Å². The number of aromatic amines is 1. The van der Waals surface area contributed by atoms with E-state index in [1.54, 1.807) is 6.20 Å². The molecule has 1 aromatic rings. The van der Waals surface area contributed by atoms with Crippen LogP contribution in [0.4, 0.5) is 0 Å². The standard InChI is InChI=1S/C13H26N4/c1-5-11(6-2)13(17(3)4)10-14-9-12-7-8-15-16-12/h7-8,11,13-14H,5-6,9-10H2,1-4H3,(H,15,16). The summed E-state index contributed by atoms with van der Waals surface area (Å²) in [6, 6.07) is 2.61. The van der Waals surface area contributed by atoms with Gasteiger partial charge in [0, 0.05) is 31.0 Å². The zero-order valence-corrected chi connectivity index (χ0v) is 11.5. The van der Waals surface area contributed by atoms with Crippen LogP contribution in [0.2, 0.25) is 0 Å². The molecule has 2 N–H and O–H groups in total. The number of H-pyrrole nitrogens is 1. The van der Waals surface area contributed by atoms with Crippen LogP contribution in [0.5, 0.6) is 0 Å². The van der Waals surface area contributed by atoms with Crippen LogP contribution in [0.15, 0.2) is 12.3 Å². The summed E-state index contributed by atoms with van der Waals surface area (Å²) in [7, 11) is 4.34. The maximum atomic E-state index is 3.95.